The highest BCUT2D eigenvalue weighted by Gasteiger charge is 2.27. The Morgan fingerprint density at radius 1 is 1.20 bits per heavy atom. The topological polar surface area (TPSA) is 53.9 Å². The van der Waals surface area contributed by atoms with Crippen LogP contribution >= 0.6 is 0 Å². The number of carbonyl (C=O) groups excluding carboxylic acids is 1. The third-order valence-electron chi connectivity index (χ3n) is 3.07. The van der Waals surface area contributed by atoms with Crippen LogP contribution in [0, 0.1) is 5.41 Å². The van der Waals surface area contributed by atoms with Gasteiger partial charge in [-0.05, 0) is 39.0 Å². The van der Waals surface area contributed by atoms with Gasteiger partial charge in [-0.1, -0.05) is 20.8 Å². The number of rotatable bonds is 3. The van der Waals surface area contributed by atoms with Crippen LogP contribution in [0.2, 0.25) is 0 Å². The molecular formula is C15H29N3O2. The quantitative estimate of drug-likeness (QED) is 0.810. The van der Waals surface area contributed by atoms with Crippen molar-refractivity contribution in [3.8, 4) is 0 Å². The number of nitrogens with zero attached hydrogens (tertiary/aromatic N) is 2. The highest BCUT2D eigenvalue weighted by atomic mass is 16.6. The van der Waals surface area contributed by atoms with Gasteiger partial charge in [0.2, 0.25) is 0 Å². The molecule has 1 N–H and O–H groups in total. The zero-order valence-electron chi connectivity index (χ0n) is 13.7. The van der Waals surface area contributed by atoms with Gasteiger partial charge in [-0.3, -0.25) is 5.01 Å². The van der Waals surface area contributed by atoms with Gasteiger partial charge in [-0.15, -0.1) is 0 Å². The Hall–Kier alpha value is -1.26. The molecule has 0 radical (unpaired) electrons. The smallest absolute Gasteiger partial charge is 0.408 e. The zero-order chi connectivity index (χ0) is 15.4. The van der Waals surface area contributed by atoms with Crippen molar-refractivity contribution in [2.24, 2.45) is 10.5 Å². The van der Waals surface area contributed by atoms with E-state index in [-0.39, 0.29) is 11.5 Å². The molecule has 116 valence electrons. The van der Waals surface area contributed by atoms with E-state index in [9.17, 15) is 4.79 Å². The lowest BCUT2D eigenvalue weighted by atomic mass is 9.87. The fourth-order valence-corrected chi connectivity index (χ4v) is 1.89. The number of hydrazone groups is 1. The van der Waals surface area contributed by atoms with Crippen molar-refractivity contribution >= 4 is 12.3 Å². The summed E-state index contributed by atoms with van der Waals surface area (Å²) in [6.45, 7) is 13.8. The van der Waals surface area contributed by atoms with Gasteiger partial charge in [0, 0.05) is 19.3 Å². The van der Waals surface area contributed by atoms with Gasteiger partial charge in [0.25, 0.3) is 0 Å². The molecule has 1 fully saturated rings. The number of carbonyl (C=O) groups is 1. The van der Waals surface area contributed by atoms with Crippen molar-refractivity contribution in [3.63, 3.8) is 0 Å². The Morgan fingerprint density at radius 3 is 2.20 bits per heavy atom. The molecule has 0 aliphatic carbocycles. The van der Waals surface area contributed by atoms with Crippen molar-refractivity contribution in [3.05, 3.63) is 0 Å². The van der Waals surface area contributed by atoms with Gasteiger partial charge in [0.1, 0.15) is 5.60 Å². The molecule has 0 saturated carbocycles. The second-order valence-corrected chi connectivity index (χ2v) is 7.42. The molecule has 1 amide bonds. The first-order valence-corrected chi connectivity index (χ1v) is 7.36. The van der Waals surface area contributed by atoms with Crippen LogP contribution in [-0.2, 0) is 4.74 Å². The number of hydrogen-bond acceptors (Lipinski definition) is 4. The predicted molar refractivity (Wildman–Crippen MR) is 81.9 cm³/mol. The Kier molecular flexibility index (Phi) is 5.42. The molecule has 0 aromatic carbocycles. The minimum atomic E-state index is -0.487. The molecule has 0 bridgehead atoms. The number of hydrogen-bond donors (Lipinski definition) is 1. The minimum absolute atomic E-state index is 0.111. The predicted octanol–water partition coefficient (Wildman–Crippen LogP) is 3.01. The molecule has 1 aliphatic heterocycles. The number of nitrogens with one attached hydrogen (secondary N) is 1. The van der Waals surface area contributed by atoms with E-state index in [0.717, 1.165) is 13.1 Å². The maximum Gasteiger partial charge on any atom is 0.408 e. The van der Waals surface area contributed by atoms with E-state index in [1.54, 1.807) is 0 Å². The van der Waals surface area contributed by atoms with Gasteiger partial charge < -0.3 is 10.1 Å². The van der Waals surface area contributed by atoms with E-state index in [1.807, 2.05) is 27.0 Å². The van der Waals surface area contributed by atoms with E-state index < -0.39 is 11.7 Å². The molecule has 5 heteroatoms. The van der Waals surface area contributed by atoms with Gasteiger partial charge in [0.15, 0.2) is 0 Å². The lowest BCUT2D eigenvalue weighted by Gasteiger charge is -2.30. The molecular weight excluding hydrogens is 254 g/mol. The fourth-order valence-electron chi connectivity index (χ4n) is 1.89. The maximum atomic E-state index is 11.9. The molecule has 1 saturated heterocycles. The third-order valence-corrected chi connectivity index (χ3v) is 3.07. The summed E-state index contributed by atoms with van der Waals surface area (Å²) in [7, 11) is 0. The first-order valence-electron chi connectivity index (χ1n) is 7.36. The van der Waals surface area contributed by atoms with Gasteiger partial charge in [0.05, 0.1) is 6.04 Å². The summed E-state index contributed by atoms with van der Waals surface area (Å²) in [6, 6.07) is -0.155. The van der Waals surface area contributed by atoms with E-state index in [2.05, 4.69) is 36.2 Å². The molecule has 0 aromatic heterocycles. The fraction of sp³-hybridized carbons (Fsp3) is 0.867. The van der Waals surface area contributed by atoms with Crippen molar-refractivity contribution in [1.82, 2.24) is 10.3 Å². The summed E-state index contributed by atoms with van der Waals surface area (Å²) in [4.78, 5) is 11.9. The van der Waals surface area contributed by atoms with Crippen LogP contribution in [0.5, 0.6) is 0 Å². The first-order chi connectivity index (χ1) is 9.08. The van der Waals surface area contributed by atoms with Gasteiger partial charge in [-0.25, -0.2) is 4.79 Å². The monoisotopic (exact) mass is 283 g/mol. The summed E-state index contributed by atoms with van der Waals surface area (Å²) in [6.07, 6.45) is 3.81. The Balaban J connectivity index is 2.63. The standard InChI is InChI=1S/C15H29N3O2/c1-14(2,3)12(11-16-18-9-7-8-10-18)17-13(19)20-15(4,5)6/h11-12H,7-10H2,1-6H3,(H,17,19)/b16-11+/t12-/m1/s1. The lowest BCUT2D eigenvalue weighted by Crippen LogP contribution is -2.47. The first kappa shape index (κ1) is 16.8. The summed E-state index contributed by atoms with van der Waals surface area (Å²) in [5, 5.41) is 9.43. The van der Waals surface area contributed by atoms with Gasteiger partial charge in [-0.2, -0.15) is 5.10 Å². The van der Waals surface area contributed by atoms with Crippen LogP contribution in [0.3, 0.4) is 0 Å². The molecule has 0 spiro atoms. The third kappa shape index (κ3) is 6.26. The average Bonchev–Trinajstić information content (AvgIpc) is 2.72. The SMILES string of the molecule is CC(C)(C)OC(=O)N[C@H](/C=N/N1CCCC1)C(C)(C)C. The van der Waals surface area contributed by atoms with Crippen LogP contribution in [0.15, 0.2) is 5.10 Å². The van der Waals surface area contributed by atoms with Crippen LogP contribution < -0.4 is 5.32 Å². The largest absolute Gasteiger partial charge is 0.444 e. The van der Waals surface area contributed by atoms with Crippen LogP contribution in [-0.4, -0.2) is 42.0 Å². The Morgan fingerprint density at radius 2 is 1.75 bits per heavy atom. The minimum Gasteiger partial charge on any atom is -0.444 e. The van der Waals surface area contributed by atoms with Gasteiger partial charge >= 0.3 is 6.09 Å². The van der Waals surface area contributed by atoms with Crippen molar-refractivity contribution in [1.29, 1.82) is 0 Å². The number of ether oxygens (including phenoxy) is 1. The van der Waals surface area contributed by atoms with E-state index >= 15 is 0 Å². The molecule has 5 nitrogen and oxygen atoms in total. The maximum absolute atomic E-state index is 11.9. The van der Waals surface area contributed by atoms with E-state index in [0.29, 0.717) is 0 Å². The number of alkyl carbamates (subject to hydrolysis) is 1. The average molecular weight is 283 g/mol. The Bertz CT molecular complexity index is 347. The van der Waals surface area contributed by atoms with E-state index in [4.69, 9.17) is 4.74 Å². The van der Waals surface area contributed by atoms with Crippen molar-refractivity contribution in [2.75, 3.05) is 13.1 Å². The molecule has 0 unspecified atom stereocenters. The lowest BCUT2D eigenvalue weighted by molar-refractivity contribution is 0.0492. The molecule has 0 aromatic rings. The van der Waals surface area contributed by atoms with Crippen LogP contribution in [0.1, 0.15) is 54.4 Å². The molecule has 1 rings (SSSR count). The second-order valence-electron chi connectivity index (χ2n) is 7.42. The normalized spacial score (nSPS) is 18.4. The summed E-state index contributed by atoms with van der Waals surface area (Å²) >= 11 is 0. The highest BCUT2D eigenvalue weighted by Crippen LogP contribution is 2.19. The Labute approximate surface area is 122 Å². The van der Waals surface area contributed by atoms with Crippen molar-refractivity contribution < 1.29 is 9.53 Å². The summed E-state index contributed by atoms with van der Waals surface area (Å²) in [5.74, 6) is 0. The van der Waals surface area contributed by atoms with Crippen LogP contribution in [0.4, 0.5) is 4.79 Å². The summed E-state index contributed by atoms with van der Waals surface area (Å²) in [5.41, 5.74) is -0.598. The highest BCUT2D eigenvalue weighted by molar-refractivity contribution is 5.76. The molecule has 1 heterocycles. The molecule has 1 atom stereocenters. The molecule has 1 aliphatic rings. The molecule has 20 heavy (non-hydrogen) atoms. The van der Waals surface area contributed by atoms with Crippen LogP contribution in [0.25, 0.3) is 0 Å². The number of amides is 1. The zero-order valence-corrected chi connectivity index (χ0v) is 13.7. The second kappa shape index (κ2) is 6.46. The van der Waals surface area contributed by atoms with Crippen molar-refractivity contribution in [2.45, 2.75) is 66.0 Å². The van der Waals surface area contributed by atoms with E-state index in [1.165, 1.54) is 12.8 Å². The summed E-state index contributed by atoms with van der Waals surface area (Å²) < 4.78 is 5.31.